The van der Waals surface area contributed by atoms with Crippen molar-refractivity contribution in [3.8, 4) is 0 Å². The van der Waals surface area contributed by atoms with Gasteiger partial charge in [-0.2, -0.15) is 5.10 Å². The molecule has 1 saturated heterocycles. The first-order valence-electron chi connectivity index (χ1n) is 9.35. The molecule has 28 heavy (non-hydrogen) atoms. The molecule has 0 saturated carbocycles. The molecule has 0 aromatic carbocycles. The first-order valence-corrected chi connectivity index (χ1v) is 10.2. The third-order valence-electron chi connectivity index (χ3n) is 4.87. The van der Waals surface area contributed by atoms with Crippen molar-refractivity contribution in [1.82, 2.24) is 29.8 Å². The first kappa shape index (κ1) is 18.5. The molecule has 0 radical (unpaired) electrons. The molecule has 0 spiro atoms. The second-order valence-electron chi connectivity index (χ2n) is 6.94. The van der Waals surface area contributed by atoms with E-state index in [1.165, 1.54) is 11.3 Å². The molecule has 3 aromatic heterocycles. The molecule has 1 N–H and O–H groups in total. The van der Waals surface area contributed by atoms with Gasteiger partial charge in [0.15, 0.2) is 0 Å². The number of aromatic nitrogens is 4. The SMILES string of the molecule is Cc1nn2cc(CNC(=O)C3CCC(=O)N(CCc4ccccn4)C3)nc2s1. The average molecular weight is 398 g/mol. The fourth-order valence-corrected chi connectivity index (χ4v) is 4.14. The van der Waals surface area contributed by atoms with Gasteiger partial charge in [0.05, 0.1) is 24.4 Å². The number of pyridine rings is 1. The van der Waals surface area contributed by atoms with E-state index in [0.29, 0.717) is 38.9 Å². The molecule has 1 unspecified atom stereocenters. The number of piperidine rings is 1. The maximum Gasteiger partial charge on any atom is 0.225 e. The van der Waals surface area contributed by atoms with Crippen molar-refractivity contribution in [2.75, 3.05) is 13.1 Å². The number of hydrogen-bond donors (Lipinski definition) is 1. The van der Waals surface area contributed by atoms with Crippen molar-refractivity contribution in [2.24, 2.45) is 5.92 Å². The van der Waals surface area contributed by atoms with E-state index < -0.39 is 0 Å². The van der Waals surface area contributed by atoms with Gasteiger partial charge in [0.25, 0.3) is 0 Å². The van der Waals surface area contributed by atoms with Crippen molar-refractivity contribution >= 4 is 28.1 Å². The van der Waals surface area contributed by atoms with Gasteiger partial charge >= 0.3 is 0 Å². The van der Waals surface area contributed by atoms with Crippen molar-refractivity contribution in [1.29, 1.82) is 0 Å². The second kappa shape index (κ2) is 8.05. The highest BCUT2D eigenvalue weighted by Crippen LogP contribution is 2.19. The van der Waals surface area contributed by atoms with Crippen LogP contribution in [0.5, 0.6) is 0 Å². The Morgan fingerprint density at radius 3 is 3.04 bits per heavy atom. The van der Waals surface area contributed by atoms with Crippen LogP contribution in [0.15, 0.2) is 30.6 Å². The van der Waals surface area contributed by atoms with Crippen LogP contribution in [0, 0.1) is 12.8 Å². The van der Waals surface area contributed by atoms with Crippen molar-refractivity contribution in [2.45, 2.75) is 32.7 Å². The molecule has 0 aliphatic carbocycles. The molecule has 2 amide bonds. The molecule has 8 nitrogen and oxygen atoms in total. The van der Waals surface area contributed by atoms with Gasteiger partial charge in [-0.1, -0.05) is 17.4 Å². The summed E-state index contributed by atoms with van der Waals surface area (Å²) in [4.78, 5) is 36.2. The number of carbonyl (C=O) groups excluding carboxylic acids is 2. The van der Waals surface area contributed by atoms with E-state index in [1.54, 1.807) is 15.6 Å². The highest BCUT2D eigenvalue weighted by atomic mass is 32.1. The number of amides is 2. The summed E-state index contributed by atoms with van der Waals surface area (Å²) in [5.41, 5.74) is 1.73. The smallest absolute Gasteiger partial charge is 0.225 e. The van der Waals surface area contributed by atoms with E-state index in [1.807, 2.05) is 31.3 Å². The summed E-state index contributed by atoms with van der Waals surface area (Å²) in [6.07, 6.45) is 5.27. The maximum atomic E-state index is 12.6. The van der Waals surface area contributed by atoms with Crippen LogP contribution in [0.3, 0.4) is 0 Å². The molecule has 146 valence electrons. The summed E-state index contributed by atoms with van der Waals surface area (Å²) < 4.78 is 1.74. The van der Waals surface area contributed by atoms with Gasteiger partial charge in [0.2, 0.25) is 16.8 Å². The highest BCUT2D eigenvalue weighted by molar-refractivity contribution is 7.16. The molecule has 1 aliphatic rings. The zero-order valence-electron chi connectivity index (χ0n) is 15.7. The summed E-state index contributed by atoms with van der Waals surface area (Å²) in [5, 5.41) is 8.23. The molecule has 4 rings (SSSR count). The molecule has 3 aromatic rings. The minimum Gasteiger partial charge on any atom is -0.350 e. The molecule has 4 heterocycles. The van der Waals surface area contributed by atoms with Crippen molar-refractivity contribution in [3.05, 3.63) is 47.0 Å². The Labute approximate surface area is 166 Å². The highest BCUT2D eigenvalue weighted by Gasteiger charge is 2.30. The third-order valence-corrected chi connectivity index (χ3v) is 5.71. The largest absolute Gasteiger partial charge is 0.350 e. The summed E-state index contributed by atoms with van der Waals surface area (Å²) in [6.45, 7) is 3.34. The second-order valence-corrected chi connectivity index (χ2v) is 8.10. The lowest BCUT2D eigenvalue weighted by molar-refractivity contribution is -0.138. The van der Waals surface area contributed by atoms with Crippen LogP contribution in [0.25, 0.3) is 4.96 Å². The van der Waals surface area contributed by atoms with Crippen molar-refractivity contribution < 1.29 is 9.59 Å². The van der Waals surface area contributed by atoms with Crippen LogP contribution in [0.1, 0.15) is 29.2 Å². The summed E-state index contributed by atoms with van der Waals surface area (Å²) in [6, 6.07) is 5.76. The predicted octanol–water partition coefficient (Wildman–Crippen LogP) is 1.59. The van der Waals surface area contributed by atoms with Crippen LogP contribution in [0.4, 0.5) is 0 Å². The van der Waals surface area contributed by atoms with Crippen LogP contribution in [-0.4, -0.2) is 49.4 Å². The van der Waals surface area contributed by atoms with Crippen LogP contribution in [-0.2, 0) is 22.6 Å². The predicted molar refractivity (Wildman–Crippen MR) is 105 cm³/mol. The Morgan fingerprint density at radius 2 is 2.25 bits per heavy atom. The number of nitrogens with zero attached hydrogens (tertiary/aromatic N) is 5. The Kier molecular flexibility index (Phi) is 5.34. The van der Waals surface area contributed by atoms with E-state index in [-0.39, 0.29) is 17.7 Å². The van der Waals surface area contributed by atoms with Gasteiger partial charge in [-0.15, -0.1) is 0 Å². The van der Waals surface area contributed by atoms with Crippen LogP contribution in [0.2, 0.25) is 0 Å². The maximum absolute atomic E-state index is 12.6. The first-order chi connectivity index (χ1) is 13.6. The lowest BCUT2D eigenvalue weighted by Crippen LogP contribution is -2.46. The Bertz CT molecular complexity index is 951. The number of carbonyl (C=O) groups is 2. The monoisotopic (exact) mass is 398 g/mol. The number of fused-ring (bicyclic) bond motifs is 1. The van der Waals surface area contributed by atoms with Crippen LogP contribution >= 0.6 is 11.3 Å². The number of nitrogens with one attached hydrogen (secondary N) is 1. The van der Waals surface area contributed by atoms with Gasteiger partial charge in [0.1, 0.15) is 5.01 Å². The van der Waals surface area contributed by atoms with E-state index in [2.05, 4.69) is 20.4 Å². The summed E-state index contributed by atoms with van der Waals surface area (Å²) >= 11 is 1.52. The zero-order chi connectivity index (χ0) is 19.5. The van der Waals surface area contributed by atoms with E-state index in [0.717, 1.165) is 21.4 Å². The topological polar surface area (TPSA) is 92.5 Å². The van der Waals surface area contributed by atoms with E-state index in [9.17, 15) is 9.59 Å². The normalized spacial score (nSPS) is 17.2. The lowest BCUT2D eigenvalue weighted by atomic mass is 9.96. The number of imidazole rings is 1. The van der Waals surface area contributed by atoms with Gasteiger partial charge < -0.3 is 10.2 Å². The van der Waals surface area contributed by atoms with Gasteiger partial charge in [-0.25, -0.2) is 9.50 Å². The number of likely N-dealkylation sites (tertiary alicyclic amines) is 1. The fourth-order valence-electron chi connectivity index (χ4n) is 3.39. The minimum absolute atomic E-state index is 0.0316. The molecule has 0 bridgehead atoms. The third kappa shape index (κ3) is 4.19. The summed E-state index contributed by atoms with van der Waals surface area (Å²) in [7, 11) is 0. The Morgan fingerprint density at radius 1 is 1.36 bits per heavy atom. The molecule has 1 aliphatic heterocycles. The number of hydrogen-bond acceptors (Lipinski definition) is 6. The van der Waals surface area contributed by atoms with E-state index in [4.69, 9.17) is 0 Å². The molecule has 9 heteroatoms. The minimum atomic E-state index is -0.189. The Balaban J connectivity index is 1.30. The molecular formula is C19H22N6O2S. The van der Waals surface area contributed by atoms with Gasteiger partial charge in [0, 0.05) is 37.8 Å². The standard InChI is InChI=1S/C19H22N6O2S/c1-13-23-25-12-16(22-19(25)28-13)10-21-18(27)14-5-6-17(26)24(11-14)9-7-15-4-2-3-8-20-15/h2-4,8,12,14H,5-7,9-11H2,1H3,(H,21,27). The molecule has 1 fully saturated rings. The average Bonchev–Trinajstić information content (AvgIpc) is 3.23. The van der Waals surface area contributed by atoms with Crippen molar-refractivity contribution in [3.63, 3.8) is 0 Å². The lowest BCUT2D eigenvalue weighted by Gasteiger charge is -2.31. The molecular weight excluding hydrogens is 376 g/mol. The molecule has 1 atom stereocenters. The fraction of sp³-hybridized carbons (Fsp3) is 0.421. The number of aryl methyl sites for hydroxylation is 1. The van der Waals surface area contributed by atoms with E-state index >= 15 is 0 Å². The van der Waals surface area contributed by atoms with Gasteiger partial charge in [-0.3, -0.25) is 14.6 Å². The zero-order valence-corrected chi connectivity index (χ0v) is 16.5. The van der Waals surface area contributed by atoms with Gasteiger partial charge in [-0.05, 0) is 25.5 Å². The number of rotatable bonds is 6. The van der Waals surface area contributed by atoms with Crippen LogP contribution < -0.4 is 5.32 Å². The quantitative estimate of drug-likeness (QED) is 0.681. The Hall–Kier alpha value is -2.81. The summed E-state index contributed by atoms with van der Waals surface area (Å²) in [5.74, 6) is -0.114.